The number of allylic oxidation sites excluding steroid dienone is 2. The van der Waals surface area contributed by atoms with Crippen LogP contribution in [-0.4, -0.2) is 11.1 Å². The van der Waals surface area contributed by atoms with Gasteiger partial charge in [0, 0.05) is 0 Å². The zero-order valence-electron chi connectivity index (χ0n) is 8.02. The van der Waals surface area contributed by atoms with E-state index in [9.17, 15) is 9.90 Å². The molecule has 0 radical (unpaired) electrons. The van der Waals surface area contributed by atoms with Crippen molar-refractivity contribution in [2.45, 2.75) is 19.3 Å². The summed E-state index contributed by atoms with van der Waals surface area (Å²) in [5.74, 6) is 1.98. The molecule has 0 aliphatic heterocycles. The van der Waals surface area contributed by atoms with Crippen molar-refractivity contribution in [2.75, 3.05) is 0 Å². The Bertz CT molecular complexity index is 355. The molecule has 0 unspecified atom stereocenters. The first-order chi connectivity index (χ1) is 6.76. The third-order valence-corrected chi connectivity index (χ3v) is 5.14. The number of carbonyl (C=O) groups is 1. The lowest BCUT2D eigenvalue weighted by Gasteiger charge is -2.20. The van der Waals surface area contributed by atoms with E-state index in [2.05, 4.69) is 12.2 Å². The Morgan fingerprint density at radius 1 is 1.36 bits per heavy atom. The molecule has 3 fully saturated rings. The molecule has 4 aliphatic rings. The third-order valence-electron chi connectivity index (χ3n) is 5.14. The first-order valence-corrected chi connectivity index (χ1v) is 5.67. The van der Waals surface area contributed by atoms with Crippen molar-refractivity contribution in [1.82, 2.24) is 0 Å². The predicted molar refractivity (Wildman–Crippen MR) is 50.5 cm³/mol. The van der Waals surface area contributed by atoms with Crippen LogP contribution in [0.4, 0.5) is 0 Å². The van der Waals surface area contributed by atoms with Crippen LogP contribution in [0.2, 0.25) is 0 Å². The maximum absolute atomic E-state index is 11.2. The number of carboxylic acids is 1. The number of fused-ring (bicyclic) bond motifs is 5. The van der Waals surface area contributed by atoms with Gasteiger partial charge >= 0.3 is 5.97 Å². The molecule has 2 heteroatoms. The van der Waals surface area contributed by atoms with Gasteiger partial charge in [0.05, 0.1) is 5.92 Å². The summed E-state index contributed by atoms with van der Waals surface area (Å²) in [5.41, 5.74) is 0.241. The van der Waals surface area contributed by atoms with Crippen LogP contribution in [0.3, 0.4) is 0 Å². The molecule has 74 valence electrons. The molecule has 0 amide bonds. The molecule has 3 saturated carbocycles. The third kappa shape index (κ3) is 0.572. The highest BCUT2D eigenvalue weighted by Gasteiger charge is 2.81. The van der Waals surface area contributed by atoms with Crippen molar-refractivity contribution in [1.29, 1.82) is 0 Å². The van der Waals surface area contributed by atoms with Gasteiger partial charge in [-0.15, -0.1) is 0 Å². The summed E-state index contributed by atoms with van der Waals surface area (Å²) in [7, 11) is 0. The normalized spacial score (nSPS) is 57.4. The summed E-state index contributed by atoms with van der Waals surface area (Å²) >= 11 is 0. The number of aliphatic carboxylic acids is 1. The Balaban J connectivity index is 1.79. The molecule has 4 aliphatic carbocycles. The van der Waals surface area contributed by atoms with E-state index in [-0.39, 0.29) is 11.3 Å². The quantitative estimate of drug-likeness (QED) is 0.675. The lowest BCUT2D eigenvalue weighted by atomic mass is 9.83. The van der Waals surface area contributed by atoms with Crippen LogP contribution in [-0.2, 0) is 4.79 Å². The van der Waals surface area contributed by atoms with E-state index < -0.39 is 5.97 Å². The maximum atomic E-state index is 11.2. The number of rotatable bonds is 2. The molecule has 0 aromatic heterocycles. The Morgan fingerprint density at radius 3 is 2.79 bits per heavy atom. The predicted octanol–water partition coefficient (Wildman–Crippen LogP) is 1.92. The molecule has 0 heterocycles. The Morgan fingerprint density at radius 2 is 2.14 bits per heavy atom. The summed E-state index contributed by atoms with van der Waals surface area (Å²) in [4.78, 5) is 11.2. The van der Waals surface area contributed by atoms with Gasteiger partial charge in [-0.25, -0.2) is 0 Å². The van der Waals surface area contributed by atoms with Crippen molar-refractivity contribution < 1.29 is 9.90 Å². The monoisotopic (exact) mass is 190 g/mol. The van der Waals surface area contributed by atoms with Crippen LogP contribution in [0.25, 0.3) is 0 Å². The summed E-state index contributed by atoms with van der Waals surface area (Å²) in [5, 5.41) is 9.24. The second-order valence-corrected chi connectivity index (χ2v) is 5.51. The van der Waals surface area contributed by atoms with Crippen molar-refractivity contribution in [3.63, 3.8) is 0 Å². The average molecular weight is 190 g/mol. The van der Waals surface area contributed by atoms with Crippen LogP contribution in [0, 0.1) is 35.0 Å². The van der Waals surface area contributed by atoms with Crippen LogP contribution < -0.4 is 0 Å². The molecule has 0 aromatic carbocycles. The highest BCUT2D eigenvalue weighted by Crippen LogP contribution is 2.82. The average Bonchev–Trinajstić information content (AvgIpc) is 3.02. The number of carboxylic acid groups (broad SMARTS) is 1. The Hall–Kier alpha value is -0.790. The molecule has 2 bridgehead atoms. The standard InChI is InChI=1S/C12H14O2/c13-11(14)10-9-6-1-2-8(5-6)12(9,10)7-3-4-7/h1-2,6-10H,3-5H2,(H,13,14)/t6-,8+,9+,10-,12+/m1/s1. The number of hydrogen-bond acceptors (Lipinski definition) is 1. The Kier molecular flexibility index (Phi) is 1.03. The molecule has 0 spiro atoms. The fourth-order valence-electron chi connectivity index (χ4n) is 4.70. The summed E-state index contributed by atoms with van der Waals surface area (Å²) < 4.78 is 0. The van der Waals surface area contributed by atoms with E-state index >= 15 is 0 Å². The van der Waals surface area contributed by atoms with Crippen molar-refractivity contribution in [3.05, 3.63) is 12.2 Å². The second kappa shape index (κ2) is 1.93. The molecule has 1 N–H and O–H groups in total. The molecular formula is C12H14O2. The highest BCUT2D eigenvalue weighted by atomic mass is 16.4. The van der Waals surface area contributed by atoms with Gasteiger partial charge in [-0.05, 0) is 48.3 Å². The summed E-state index contributed by atoms with van der Waals surface area (Å²) in [6.45, 7) is 0. The summed E-state index contributed by atoms with van der Waals surface area (Å²) in [6, 6.07) is 0. The van der Waals surface area contributed by atoms with Gasteiger partial charge in [-0.3, -0.25) is 4.79 Å². The van der Waals surface area contributed by atoms with Gasteiger partial charge in [0.25, 0.3) is 0 Å². The first kappa shape index (κ1) is 7.49. The van der Waals surface area contributed by atoms with Crippen molar-refractivity contribution >= 4 is 5.97 Å². The zero-order chi connectivity index (χ0) is 9.50. The maximum Gasteiger partial charge on any atom is 0.307 e. The molecule has 2 nitrogen and oxygen atoms in total. The van der Waals surface area contributed by atoms with Crippen LogP contribution in [0.5, 0.6) is 0 Å². The minimum atomic E-state index is -0.527. The van der Waals surface area contributed by atoms with E-state index in [0.29, 0.717) is 17.8 Å². The van der Waals surface area contributed by atoms with Crippen LogP contribution in [0.15, 0.2) is 12.2 Å². The smallest absolute Gasteiger partial charge is 0.307 e. The zero-order valence-corrected chi connectivity index (χ0v) is 8.02. The minimum absolute atomic E-state index is 0.00810. The van der Waals surface area contributed by atoms with E-state index in [0.717, 1.165) is 5.92 Å². The molecule has 5 atom stereocenters. The molecule has 14 heavy (non-hydrogen) atoms. The van der Waals surface area contributed by atoms with E-state index in [4.69, 9.17) is 0 Å². The second-order valence-electron chi connectivity index (χ2n) is 5.51. The highest BCUT2D eigenvalue weighted by molar-refractivity contribution is 5.77. The van der Waals surface area contributed by atoms with Gasteiger partial charge in [0.2, 0.25) is 0 Å². The van der Waals surface area contributed by atoms with E-state index in [1.807, 2.05) is 0 Å². The van der Waals surface area contributed by atoms with Crippen molar-refractivity contribution in [3.8, 4) is 0 Å². The number of hydrogen-bond donors (Lipinski definition) is 1. The SMILES string of the molecule is O=C(O)[C@H]1[C@@H]2[C@@H]3C=C[C@@H](C3)[C@@]21C1CC1. The summed E-state index contributed by atoms with van der Waals surface area (Å²) in [6.07, 6.45) is 8.42. The fraction of sp³-hybridized carbons (Fsp3) is 0.750. The lowest BCUT2D eigenvalue weighted by molar-refractivity contribution is -0.140. The minimum Gasteiger partial charge on any atom is -0.481 e. The largest absolute Gasteiger partial charge is 0.481 e. The van der Waals surface area contributed by atoms with Crippen LogP contribution in [0.1, 0.15) is 19.3 Å². The molecular weight excluding hydrogens is 176 g/mol. The molecule has 0 saturated heterocycles. The van der Waals surface area contributed by atoms with E-state index in [1.54, 1.807) is 0 Å². The van der Waals surface area contributed by atoms with Gasteiger partial charge in [-0.1, -0.05) is 12.2 Å². The van der Waals surface area contributed by atoms with Crippen LogP contribution >= 0.6 is 0 Å². The van der Waals surface area contributed by atoms with Gasteiger partial charge in [-0.2, -0.15) is 0 Å². The molecule has 0 aromatic rings. The lowest BCUT2D eigenvalue weighted by Crippen LogP contribution is -2.19. The van der Waals surface area contributed by atoms with Gasteiger partial charge in [0.15, 0.2) is 0 Å². The topological polar surface area (TPSA) is 37.3 Å². The van der Waals surface area contributed by atoms with Crippen molar-refractivity contribution in [2.24, 2.45) is 35.0 Å². The van der Waals surface area contributed by atoms with Gasteiger partial charge < -0.3 is 5.11 Å². The molecule has 4 rings (SSSR count). The Labute approximate surface area is 83.0 Å². The first-order valence-electron chi connectivity index (χ1n) is 5.67. The van der Waals surface area contributed by atoms with E-state index in [1.165, 1.54) is 19.3 Å². The fourth-order valence-corrected chi connectivity index (χ4v) is 4.70. The van der Waals surface area contributed by atoms with Gasteiger partial charge in [0.1, 0.15) is 0 Å².